The number of carbonyl (C=O) groups excluding carboxylic acids is 1. The summed E-state index contributed by atoms with van der Waals surface area (Å²) in [6, 6.07) is 0.212. The molecule has 2 aromatic rings. The molecule has 1 atom stereocenters. The SMILES string of the molecule is CCCCCCCCNc1nc2sc(C(=O)NCC3C=C4OCOC4=CC3)c(C)c2c(=O)o1. The van der Waals surface area contributed by atoms with Gasteiger partial charge in [-0.3, -0.25) is 4.79 Å². The van der Waals surface area contributed by atoms with E-state index in [0.29, 0.717) is 33.7 Å². The Kier molecular flexibility index (Phi) is 7.69. The molecule has 33 heavy (non-hydrogen) atoms. The lowest BCUT2D eigenvalue weighted by molar-refractivity contribution is 0.0949. The fourth-order valence-corrected chi connectivity index (χ4v) is 5.12. The monoisotopic (exact) mass is 473 g/mol. The van der Waals surface area contributed by atoms with Crippen LogP contribution in [0.4, 0.5) is 6.01 Å². The van der Waals surface area contributed by atoms with Crippen molar-refractivity contribution in [2.75, 3.05) is 25.2 Å². The Hall–Kier alpha value is -2.81. The van der Waals surface area contributed by atoms with Gasteiger partial charge in [0.05, 0.1) is 4.88 Å². The number of hydrogen-bond acceptors (Lipinski definition) is 8. The summed E-state index contributed by atoms with van der Waals surface area (Å²) in [6.45, 7) is 5.37. The van der Waals surface area contributed by atoms with E-state index in [1.807, 2.05) is 12.2 Å². The number of aryl methyl sites for hydroxylation is 1. The Morgan fingerprint density at radius 3 is 2.82 bits per heavy atom. The lowest BCUT2D eigenvalue weighted by atomic mass is 9.99. The van der Waals surface area contributed by atoms with Gasteiger partial charge in [-0.2, -0.15) is 4.98 Å². The quantitative estimate of drug-likeness (QED) is 0.450. The minimum Gasteiger partial charge on any atom is -0.454 e. The lowest BCUT2D eigenvalue weighted by Gasteiger charge is -2.16. The molecule has 1 aliphatic heterocycles. The predicted molar refractivity (Wildman–Crippen MR) is 128 cm³/mol. The van der Waals surface area contributed by atoms with Gasteiger partial charge in [-0.05, 0) is 37.5 Å². The first-order valence-corrected chi connectivity index (χ1v) is 12.5. The van der Waals surface area contributed by atoms with Crippen molar-refractivity contribution in [3.63, 3.8) is 0 Å². The van der Waals surface area contributed by atoms with E-state index < -0.39 is 5.63 Å². The second-order valence-electron chi connectivity index (χ2n) is 8.45. The number of unbranched alkanes of at least 4 members (excludes halogenated alkanes) is 5. The molecule has 2 N–H and O–H groups in total. The molecule has 1 unspecified atom stereocenters. The van der Waals surface area contributed by atoms with Gasteiger partial charge in [-0.15, -0.1) is 11.3 Å². The van der Waals surface area contributed by atoms with E-state index in [2.05, 4.69) is 22.5 Å². The summed E-state index contributed by atoms with van der Waals surface area (Å²) in [7, 11) is 0. The number of hydrogen-bond donors (Lipinski definition) is 2. The van der Waals surface area contributed by atoms with Crippen molar-refractivity contribution in [2.45, 2.75) is 58.8 Å². The largest absolute Gasteiger partial charge is 0.454 e. The number of carbonyl (C=O) groups is 1. The highest BCUT2D eigenvalue weighted by Gasteiger charge is 2.24. The molecule has 2 aromatic heterocycles. The fourth-order valence-electron chi connectivity index (χ4n) is 4.04. The molecule has 1 fully saturated rings. The van der Waals surface area contributed by atoms with Gasteiger partial charge < -0.3 is 24.5 Å². The molecule has 1 aliphatic carbocycles. The van der Waals surface area contributed by atoms with E-state index in [1.54, 1.807) is 6.92 Å². The van der Waals surface area contributed by atoms with Crippen LogP contribution in [-0.4, -0.2) is 30.8 Å². The standard InChI is InChI=1S/C24H31N3O5S/c1-3-4-5-6-7-8-11-25-24-27-22-19(23(29)32-24)15(2)20(33-22)21(28)26-13-16-9-10-17-18(12-16)31-14-30-17/h10,12,16H,3-9,11,13-14H2,1-2H3,(H,25,27)(H,26,28). The molecule has 4 rings (SSSR count). The Morgan fingerprint density at radius 2 is 1.97 bits per heavy atom. The number of fused-ring (bicyclic) bond motifs is 2. The zero-order valence-corrected chi connectivity index (χ0v) is 20.0. The molecular formula is C24H31N3O5S. The Morgan fingerprint density at radius 1 is 1.18 bits per heavy atom. The summed E-state index contributed by atoms with van der Waals surface area (Å²) in [5.41, 5.74) is 0.138. The summed E-state index contributed by atoms with van der Waals surface area (Å²) >= 11 is 1.22. The van der Waals surface area contributed by atoms with Crippen LogP contribution in [0.25, 0.3) is 10.2 Å². The normalized spacial score (nSPS) is 17.1. The number of ether oxygens (including phenoxy) is 2. The van der Waals surface area contributed by atoms with Crippen molar-refractivity contribution in [1.29, 1.82) is 0 Å². The Bertz CT molecular complexity index is 1120. The maximum absolute atomic E-state index is 12.9. The van der Waals surface area contributed by atoms with Gasteiger partial charge in [0.25, 0.3) is 11.9 Å². The summed E-state index contributed by atoms with van der Waals surface area (Å²) in [4.78, 5) is 30.9. The van der Waals surface area contributed by atoms with E-state index in [-0.39, 0.29) is 24.6 Å². The van der Waals surface area contributed by atoms with Crippen molar-refractivity contribution in [2.24, 2.45) is 5.92 Å². The number of anilines is 1. The van der Waals surface area contributed by atoms with Gasteiger partial charge in [-0.1, -0.05) is 39.0 Å². The molecule has 3 heterocycles. The third kappa shape index (κ3) is 5.58. The van der Waals surface area contributed by atoms with Crippen LogP contribution in [0.1, 0.15) is 67.1 Å². The number of rotatable bonds is 11. The zero-order chi connectivity index (χ0) is 23.2. The lowest BCUT2D eigenvalue weighted by Crippen LogP contribution is -2.29. The van der Waals surface area contributed by atoms with Crippen LogP contribution in [0.2, 0.25) is 0 Å². The van der Waals surface area contributed by atoms with Gasteiger partial charge in [0.2, 0.25) is 6.79 Å². The molecule has 178 valence electrons. The molecule has 2 aliphatic rings. The molecule has 1 saturated heterocycles. The molecule has 0 bridgehead atoms. The minimum atomic E-state index is -0.466. The minimum absolute atomic E-state index is 0.130. The van der Waals surface area contributed by atoms with Crippen LogP contribution in [0, 0.1) is 12.8 Å². The number of thiophene rings is 1. The third-order valence-corrected chi connectivity index (χ3v) is 7.11. The summed E-state index contributed by atoms with van der Waals surface area (Å²) < 4.78 is 16.1. The number of nitrogens with one attached hydrogen (secondary N) is 2. The summed E-state index contributed by atoms with van der Waals surface area (Å²) in [5, 5.41) is 6.45. The molecule has 0 aromatic carbocycles. The second kappa shape index (κ2) is 10.9. The fraction of sp³-hybridized carbons (Fsp3) is 0.542. The highest BCUT2D eigenvalue weighted by molar-refractivity contribution is 7.20. The van der Waals surface area contributed by atoms with Crippen molar-refractivity contribution in [3.8, 4) is 0 Å². The topological polar surface area (TPSA) is 103 Å². The number of allylic oxidation sites excluding steroid dienone is 1. The van der Waals surface area contributed by atoms with Crippen LogP contribution < -0.4 is 16.3 Å². The smallest absolute Gasteiger partial charge is 0.349 e. The maximum Gasteiger partial charge on any atom is 0.349 e. The van der Waals surface area contributed by atoms with E-state index in [4.69, 9.17) is 13.9 Å². The van der Waals surface area contributed by atoms with Crippen molar-refractivity contribution in [3.05, 3.63) is 44.5 Å². The zero-order valence-electron chi connectivity index (χ0n) is 19.2. The van der Waals surface area contributed by atoms with Crippen molar-refractivity contribution < 1.29 is 18.7 Å². The first-order valence-electron chi connectivity index (χ1n) is 11.7. The Balaban J connectivity index is 1.35. The first kappa shape index (κ1) is 23.4. The van der Waals surface area contributed by atoms with Crippen molar-refractivity contribution in [1.82, 2.24) is 10.3 Å². The number of amides is 1. The molecule has 0 spiro atoms. The Labute approximate surface area is 197 Å². The van der Waals surface area contributed by atoms with Crippen LogP contribution in [0.5, 0.6) is 0 Å². The molecule has 8 nitrogen and oxygen atoms in total. The first-order chi connectivity index (χ1) is 16.1. The highest BCUT2D eigenvalue weighted by atomic mass is 32.1. The van der Waals surface area contributed by atoms with Crippen LogP contribution in [0.15, 0.2) is 32.9 Å². The second-order valence-corrected chi connectivity index (χ2v) is 9.45. The molecule has 1 amide bonds. The molecular weight excluding hydrogens is 442 g/mol. The predicted octanol–water partition coefficient (Wildman–Crippen LogP) is 4.85. The molecule has 0 saturated carbocycles. The van der Waals surface area contributed by atoms with E-state index >= 15 is 0 Å². The number of nitrogens with zero attached hydrogens (tertiary/aromatic N) is 1. The van der Waals surface area contributed by atoms with E-state index in [1.165, 1.54) is 37.0 Å². The van der Waals surface area contributed by atoms with E-state index in [9.17, 15) is 9.59 Å². The van der Waals surface area contributed by atoms with Gasteiger partial charge in [0.1, 0.15) is 10.2 Å². The summed E-state index contributed by atoms with van der Waals surface area (Å²) in [5.74, 6) is 1.43. The molecule has 9 heteroatoms. The number of aromatic nitrogens is 1. The third-order valence-electron chi connectivity index (χ3n) is 5.93. The molecule has 0 radical (unpaired) electrons. The van der Waals surface area contributed by atoms with Crippen LogP contribution >= 0.6 is 11.3 Å². The van der Waals surface area contributed by atoms with Gasteiger partial charge >= 0.3 is 5.63 Å². The summed E-state index contributed by atoms with van der Waals surface area (Å²) in [6.07, 6.45) is 11.8. The highest BCUT2D eigenvalue weighted by Crippen LogP contribution is 2.30. The maximum atomic E-state index is 12.9. The average Bonchev–Trinajstić information content (AvgIpc) is 3.41. The van der Waals surface area contributed by atoms with Crippen LogP contribution in [-0.2, 0) is 9.47 Å². The van der Waals surface area contributed by atoms with Gasteiger partial charge in [0.15, 0.2) is 11.5 Å². The van der Waals surface area contributed by atoms with Gasteiger partial charge in [0, 0.05) is 19.0 Å². The van der Waals surface area contributed by atoms with Crippen LogP contribution in [0.3, 0.4) is 0 Å². The van der Waals surface area contributed by atoms with Crippen molar-refractivity contribution >= 4 is 33.5 Å². The van der Waals surface area contributed by atoms with E-state index in [0.717, 1.165) is 30.8 Å². The average molecular weight is 474 g/mol. The van der Waals surface area contributed by atoms with Gasteiger partial charge in [-0.25, -0.2) is 4.79 Å².